The van der Waals surface area contributed by atoms with E-state index < -0.39 is 5.97 Å². The minimum Gasteiger partial charge on any atom is -0.481 e. The number of anilines is 1. The highest BCUT2D eigenvalue weighted by Gasteiger charge is 2.51. The van der Waals surface area contributed by atoms with E-state index in [9.17, 15) is 9.90 Å². The molecule has 5 heteroatoms. The van der Waals surface area contributed by atoms with E-state index in [1.165, 1.54) is 0 Å². The average Bonchev–Trinajstić information content (AvgIpc) is 2.99. The topological polar surface area (TPSA) is 75.1 Å². The van der Waals surface area contributed by atoms with Crippen molar-refractivity contribution in [2.75, 3.05) is 5.32 Å². The Bertz CT molecular complexity index is 491. The molecule has 19 heavy (non-hydrogen) atoms. The van der Waals surface area contributed by atoms with Crippen LogP contribution in [-0.4, -0.2) is 27.1 Å². The molecule has 2 aliphatic rings. The fraction of sp³-hybridized carbons (Fsp3) is 0.643. The van der Waals surface area contributed by atoms with E-state index in [4.69, 9.17) is 0 Å². The summed E-state index contributed by atoms with van der Waals surface area (Å²) in [5.41, 5.74) is 0.979. The summed E-state index contributed by atoms with van der Waals surface area (Å²) in [4.78, 5) is 19.8. The van der Waals surface area contributed by atoms with Crippen molar-refractivity contribution in [3.05, 3.63) is 18.1 Å². The predicted molar refractivity (Wildman–Crippen MR) is 70.8 cm³/mol. The van der Waals surface area contributed by atoms with Gasteiger partial charge >= 0.3 is 5.97 Å². The molecule has 1 heterocycles. The van der Waals surface area contributed by atoms with Crippen LogP contribution in [0.4, 0.5) is 5.82 Å². The van der Waals surface area contributed by atoms with Crippen molar-refractivity contribution in [3.8, 4) is 0 Å². The minimum atomic E-state index is -0.672. The van der Waals surface area contributed by atoms with Crippen LogP contribution in [0.25, 0.3) is 0 Å². The van der Waals surface area contributed by atoms with Crippen LogP contribution < -0.4 is 5.32 Å². The van der Waals surface area contributed by atoms with Gasteiger partial charge in [-0.3, -0.25) is 4.79 Å². The number of nitrogens with zero attached hydrogens (tertiary/aromatic N) is 2. The van der Waals surface area contributed by atoms with Crippen molar-refractivity contribution in [3.63, 3.8) is 0 Å². The van der Waals surface area contributed by atoms with Crippen LogP contribution in [0.3, 0.4) is 0 Å². The Balaban J connectivity index is 1.79. The summed E-state index contributed by atoms with van der Waals surface area (Å²) in [5, 5.41) is 12.8. The van der Waals surface area contributed by atoms with E-state index in [1.54, 1.807) is 6.33 Å². The number of rotatable bonds is 4. The Labute approximate surface area is 112 Å². The molecule has 0 aliphatic heterocycles. The maximum atomic E-state index is 11.4. The Hall–Kier alpha value is -1.65. The second-order valence-corrected chi connectivity index (χ2v) is 5.62. The zero-order valence-corrected chi connectivity index (χ0v) is 11.0. The molecule has 102 valence electrons. The lowest BCUT2D eigenvalue weighted by atomic mass is 9.84. The summed E-state index contributed by atoms with van der Waals surface area (Å²) in [6, 6.07) is 1.95. The van der Waals surface area contributed by atoms with Gasteiger partial charge < -0.3 is 10.4 Å². The lowest BCUT2D eigenvalue weighted by Crippen LogP contribution is -2.39. The molecule has 1 aromatic heterocycles. The van der Waals surface area contributed by atoms with E-state index in [0.29, 0.717) is 11.8 Å². The lowest BCUT2D eigenvalue weighted by Gasteiger charge is -2.29. The molecule has 5 nitrogen and oxygen atoms in total. The van der Waals surface area contributed by atoms with E-state index in [0.717, 1.165) is 37.2 Å². The summed E-state index contributed by atoms with van der Waals surface area (Å²) in [6.07, 6.45) is 5.64. The molecule has 4 atom stereocenters. The Kier molecular flexibility index (Phi) is 3.12. The van der Waals surface area contributed by atoms with E-state index in [1.807, 2.05) is 13.0 Å². The summed E-state index contributed by atoms with van der Waals surface area (Å²) in [5.74, 6) is 0.641. The van der Waals surface area contributed by atoms with Gasteiger partial charge in [0.05, 0.1) is 5.92 Å². The van der Waals surface area contributed by atoms with Gasteiger partial charge in [0.25, 0.3) is 0 Å². The lowest BCUT2D eigenvalue weighted by molar-refractivity contribution is -0.143. The molecule has 2 fully saturated rings. The number of nitrogens with one attached hydrogen (secondary N) is 1. The molecule has 3 rings (SSSR count). The van der Waals surface area contributed by atoms with Gasteiger partial charge in [0.1, 0.15) is 12.1 Å². The Morgan fingerprint density at radius 1 is 1.42 bits per heavy atom. The number of fused-ring (bicyclic) bond motifs is 2. The smallest absolute Gasteiger partial charge is 0.308 e. The molecule has 0 radical (unpaired) electrons. The van der Waals surface area contributed by atoms with Crippen LogP contribution in [0.15, 0.2) is 12.4 Å². The molecule has 2 N–H and O–H groups in total. The van der Waals surface area contributed by atoms with Crippen LogP contribution in [0, 0.1) is 17.8 Å². The highest BCUT2D eigenvalue weighted by Crippen LogP contribution is 2.49. The van der Waals surface area contributed by atoms with Crippen LogP contribution >= 0.6 is 0 Å². The van der Waals surface area contributed by atoms with E-state index in [2.05, 4.69) is 15.3 Å². The highest BCUT2D eigenvalue weighted by molar-refractivity contribution is 5.73. The summed E-state index contributed by atoms with van der Waals surface area (Å²) >= 11 is 0. The van der Waals surface area contributed by atoms with Crippen LogP contribution in [0.5, 0.6) is 0 Å². The number of carbonyl (C=O) groups is 1. The van der Waals surface area contributed by atoms with Gasteiger partial charge in [0, 0.05) is 17.8 Å². The largest absolute Gasteiger partial charge is 0.481 e. The predicted octanol–water partition coefficient (Wildman–Crippen LogP) is 1.95. The first-order valence-corrected chi connectivity index (χ1v) is 6.99. The third-order valence-electron chi connectivity index (χ3n) is 4.60. The fourth-order valence-corrected chi connectivity index (χ4v) is 3.69. The van der Waals surface area contributed by atoms with Gasteiger partial charge in [-0.1, -0.05) is 6.92 Å². The Morgan fingerprint density at radius 3 is 2.95 bits per heavy atom. The second-order valence-electron chi connectivity index (χ2n) is 5.62. The first kappa shape index (κ1) is 12.4. The SMILES string of the molecule is CCc1cc(NC2C3CCC(C3)C2C(=O)O)ncn1. The molecule has 0 saturated heterocycles. The molecular formula is C14H19N3O2. The quantitative estimate of drug-likeness (QED) is 0.866. The van der Waals surface area contributed by atoms with Gasteiger partial charge in [-0.05, 0) is 37.5 Å². The van der Waals surface area contributed by atoms with Crippen molar-refractivity contribution < 1.29 is 9.90 Å². The molecule has 2 saturated carbocycles. The van der Waals surface area contributed by atoms with Crippen molar-refractivity contribution in [2.24, 2.45) is 17.8 Å². The molecule has 0 amide bonds. The summed E-state index contributed by atoms with van der Waals surface area (Å²) < 4.78 is 0. The van der Waals surface area contributed by atoms with Gasteiger partial charge in [0.2, 0.25) is 0 Å². The zero-order valence-electron chi connectivity index (χ0n) is 11.0. The molecule has 4 unspecified atom stereocenters. The monoisotopic (exact) mass is 261 g/mol. The first-order chi connectivity index (χ1) is 9.19. The molecule has 2 aliphatic carbocycles. The average molecular weight is 261 g/mol. The van der Waals surface area contributed by atoms with Crippen LogP contribution in [0.2, 0.25) is 0 Å². The fourth-order valence-electron chi connectivity index (χ4n) is 3.69. The number of aromatic nitrogens is 2. The number of aryl methyl sites for hydroxylation is 1. The standard InChI is InChI=1S/C14H19N3O2/c1-2-10-6-11(16-7-15-10)17-13-9-4-3-8(5-9)12(13)14(18)19/h6-9,12-13H,2-5H2,1H3,(H,18,19)(H,15,16,17). The maximum absolute atomic E-state index is 11.4. The van der Waals surface area contributed by atoms with E-state index >= 15 is 0 Å². The van der Waals surface area contributed by atoms with Gasteiger partial charge in [0.15, 0.2) is 0 Å². The Morgan fingerprint density at radius 2 is 2.21 bits per heavy atom. The maximum Gasteiger partial charge on any atom is 0.308 e. The minimum absolute atomic E-state index is 0.0239. The number of carboxylic acid groups (broad SMARTS) is 1. The summed E-state index contributed by atoms with van der Waals surface area (Å²) in [6.45, 7) is 2.05. The number of hydrogen-bond donors (Lipinski definition) is 2. The molecule has 0 aromatic carbocycles. The van der Waals surface area contributed by atoms with Crippen molar-refractivity contribution >= 4 is 11.8 Å². The molecule has 0 spiro atoms. The summed E-state index contributed by atoms with van der Waals surface area (Å²) in [7, 11) is 0. The second kappa shape index (κ2) is 4.79. The van der Waals surface area contributed by atoms with Crippen LogP contribution in [0.1, 0.15) is 31.9 Å². The van der Waals surface area contributed by atoms with Gasteiger partial charge in [-0.2, -0.15) is 0 Å². The first-order valence-electron chi connectivity index (χ1n) is 6.99. The number of aliphatic carboxylic acids is 1. The zero-order chi connectivity index (χ0) is 13.4. The molecule has 2 bridgehead atoms. The van der Waals surface area contributed by atoms with Gasteiger partial charge in [-0.25, -0.2) is 9.97 Å². The van der Waals surface area contributed by atoms with Crippen molar-refractivity contribution in [1.29, 1.82) is 0 Å². The van der Waals surface area contributed by atoms with Crippen molar-refractivity contribution in [1.82, 2.24) is 9.97 Å². The highest BCUT2D eigenvalue weighted by atomic mass is 16.4. The van der Waals surface area contributed by atoms with E-state index in [-0.39, 0.29) is 12.0 Å². The van der Waals surface area contributed by atoms with Crippen LogP contribution in [-0.2, 0) is 11.2 Å². The number of hydrogen-bond acceptors (Lipinski definition) is 4. The van der Waals surface area contributed by atoms with Crippen molar-refractivity contribution in [2.45, 2.75) is 38.6 Å². The normalized spacial score (nSPS) is 32.5. The third kappa shape index (κ3) is 2.17. The molecular weight excluding hydrogens is 242 g/mol. The number of carboxylic acids is 1. The van der Waals surface area contributed by atoms with Gasteiger partial charge in [-0.15, -0.1) is 0 Å². The third-order valence-corrected chi connectivity index (χ3v) is 4.60. The molecule has 1 aromatic rings.